The van der Waals surface area contributed by atoms with Crippen molar-refractivity contribution in [2.24, 2.45) is 17.1 Å². The van der Waals surface area contributed by atoms with E-state index >= 15 is 0 Å². The highest BCUT2D eigenvalue weighted by atomic mass is 15.2. The molecule has 0 bridgehead atoms. The van der Waals surface area contributed by atoms with Gasteiger partial charge in [0.25, 0.3) is 0 Å². The zero-order chi connectivity index (χ0) is 15.4. The summed E-state index contributed by atoms with van der Waals surface area (Å²) in [7, 11) is 0. The number of rotatable bonds is 7. The monoisotopic (exact) mass is 282 g/mol. The fourth-order valence-electron chi connectivity index (χ4n) is 4.17. The summed E-state index contributed by atoms with van der Waals surface area (Å²) in [5.74, 6) is 0.878. The van der Waals surface area contributed by atoms with Crippen LogP contribution in [0, 0.1) is 11.3 Å². The average molecular weight is 283 g/mol. The van der Waals surface area contributed by atoms with Crippen molar-refractivity contribution in [2.75, 3.05) is 13.1 Å². The maximum atomic E-state index is 6.25. The predicted molar refractivity (Wildman–Crippen MR) is 89.9 cm³/mol. The SMILES string of the molecule is CCC(C)N(CC)C1(CN)CCC(C(C)(C)CC)CC1. The van der Waals surface area contributed by atoms with E-state index in [0.29, 0.717) is 11.5 Å². The van der Waals surface area contributed by atoms with Crippen molar-refractivity contribution >= 4 is 0 Å². The smallest absolute Gasteiger partial charge is 0.0334 e. The lowest BCUT2D eigenvalue weighted by molar-refractivity contribution is -0.00381. The maximum absolute atomic E-state index is 6.25. The Morgan fingerprint density at radius 2 is 1.75 bits per heavy atom. The first-order valence-corrected chi connectivity index (χ1v) is 8.83. The van der Waals surface area contributed by atoms with Gasteiger partial charge in [0.2, 0.25) is 0 Å². The molecule has 120 valence electrons. The molecule has 0 aromatic heterocycles. The van der Waals surface area contributed by atoms with Gasteiger partial charge in [-0.2, -0.15) is 0 Å². The summed E-state index contributed by atoms with van der Waals surface area (Å²) in [4.78, 5) is 2.70. The second-order valence-electron chi connectivity index (χ2n) is 7.59. The highest BCUT2D eigenvalue weighted by Gasteiger charge is 2.42. The van der Waals surface area contributed by atoms with E-state index in [4.69, 9.17) is 5.73 Å². The molecule has 0 amide bonds. The number of nitrogens with two attached hydrogens (primary N) is 1. The normalized spacial score (nSPS) is 29.7. The van der Waals surface area contributed by atoms with Crippen molar-refractivity contribution in [2.45, 2.75) is 91.6 Å². The first-order valence-electron chi connectivity index (χ1n) is 8.83. The Hall–Kier alpha value is -0.0800. The minimum atomic E-state index is 0.268. The number of likely N-dealkylation sites (N-methyl/N-ethyl adjacent to an activating group) is 1. The van der Waals surface area contributed by atoms with Crippen LogP contribution in [0.2, 0.25) is 0 Å². The van der Waals surface area contributed by atoms with Crippen LogP contribution in [-0.4, -0.2) is 29.6 Å². The summed E-state index contributed by atoms with van der Waals surface area (Å²) < 4.78 is 0. The molecule has 0 aromatic rings. The highest BCUT2D eigenvalue weighted by molar-refractivity contribution is 4.99. The van der Waals surface area contributed by atoms with Crippen molar-refractivity contribution in [3.63, 3.8) is 0 Å². The molecule has 1 rings (SSSR count). The number of hydrogen-bond donors (Lipinski definition) is 1. The summed E-state index contributed by atoms with van der Waals surface area (Å²) in [6.07, 6.45) is 7.79. The lowest BCUT2D eigenvalue weighted by Gasteiger charge is -2.52. The molecule has 0 aromatic carbocycles. The van der Waals surface area contributed by atoms with Gasteiger partial charge in [0.05, 0.1) is 0 Å². The second-order valence-corrected chi connectivity index (χ2v) is 7.59. The Morgan fingerprint density at radius 3 is 2.10 bits per heavy atom. The summed E-state index contributed by atoms with van der Waals surface area (Å²) in [6.45, 7) is 16.1. The van der Waals surface area contributed by atoms with E-state index in [0.717, 1.165) is 19.0 Å². The molecule has 1 atom stereocenters. The fourth-order valence-corrected chi connectivity index (χ4v) is 4.17. The standard InChI is InChI=1S/C18H38N2/c1-7-15(4)20(9-3)18(14-19)12-10-16(11-13-18)17(5,6)8-2/h15-16H,7-14,19H2,1-6H3. The maximum Gasteiger partial charge on any atom is 0.0334 e. The summed E-state index contributed by atoms with van der Waals surface area (Å²) in [6, 6.07) is 0.652. The first kappa shape index (κ1) is 18.0. The molecule has 0 heterocycles. The van der Waals surface area contributed by atoms with Crippen LogP contribution in [-0.2, 0) is 0 Å². The van der Waals surface area contributed by atoms with E-state index in [1.54, 1.807) is 0 Å². The third-order valence-corrected chi connectivity index (χ3v) is 6.39. The van der Waals surface area contributed by atoms with Crippen molar-refractivity contribution in [1.29, 1.82) is 0 Å². The molecular formula is C18H38N2. The zero-order valence-corrected chi connectivity index (χ0v) is 14.8. The van der Waals surface area contributed by atoms with Crippen molar-refractivity contribution in [3.8, 4) is 0 Å². The van der Waals surface area contributed by atoms with Crippen LogP contribution in [0.4, 0.5) is 0 Å². The van der Waals surface area contributed by atoms with Gasteiger partial charge in [0, 0.05) is 18.1 Å². The second kappa shape index (κ2) is 7.26. The Balaban J connectivity index is 2.80. The van der Waals surface area contributed by atoms with Crippen molar-refractivity contribution < 1.29 is 0 Å². The third-order valence-electron chi connectivity index (χ3n) is 6.39. The molecule has 0 saturated heterocycles. The Kier molecular flexibility index (Phi) is 6.53. The van der Waals surface area contributed by atoms with Gasteiger partial charge < -0.3 is 5.73 Å². The predicted octanol–water partition coefficient (Wildman–Crippen LogP) is 4.43. The largest absolute Gasteiger partial charge is 0.329 e. The zero-order valence-electron chi connectivity index (χ0n) is 14.8. The molecule has 1 saturated carbocycles. The van der Waals surface area contributed by atoms with Crippen LogP contribution in [0.15, 0.2) is 0 Å². The molecular weight excluding hydrogens is 244 g/mol. The van der Waals surface area contributed by atoms with Crippen LogP contribution >= 0.6 is 0 Å². The molecule has 0 spiro atoms. The number of hydrogen-bond acceptors (Lipinski definition) is 2. The lowest BCUT2D eigenvalue weighted by Crippen LogP contribution is -2.59. The summed E-state index contributed by atoms with van der Waals surface area (Å²) in [5, 5.41) is 0. The topological polar surface area (TPSA) is 29.3 Å². The van der Waals surface area contributed by atoms with Gasteiger partial charge in [0.1, 0.15) is 0 Å². The van der Waals surface area contributed by atoms with Gasteiger partial charge in [-0.1, -0.05) is 41.0 Å². The van der Waals surface area contributed by atoms with Gasteiger partial charge in [-0.15, -0.1) is 0 Å². The Bertz CT molecular complexity index is 277. The minimum absolute atomic E-state index is 0.268. The van der Waals surface area contributed by atoms with Crippen LogP contribution in [0.5, 0.6) is 0 Å². The van der Waals surface area contributed by atoms with Gasteiger partial charge in [-0.3, -0.25) is 4.90 Å². The first-order chi connectivity index (χ1) is 9.36. The van der Waals surface area contributed by atoms with Gasteiger partial charge in [-0.05, 0) is 56.9 Å². The third kappa shape index (κ3) is 3.57. The van der Waals surface area contributed by atoms with Crippen molar-refractivity contribution in [3.05, 3.63) is 0 Å². The molecule has 1 aliphatic carbocycles. The van der Waals surface area contributed by atoms with Gasteiger partial charge in [-0.25, -0.2) is 0 Å². The van der Waals surface area contributed by atoms with E-state index in [-0.39, 0.29) is 5.54 Å². The highest BCUT2D eigenvalue weighted by Crippen LogP contribution is 2.45. The van der Waals surface area contributed by atoms with Gasteiger partial charge >= 0.3 is 0 Å². The van der Waals surface area contributed by atoms with E-state index in [1.165, 1.54) is 38.5 Å². The molecule has 2 N–H and O–H groups in total. The van der Waals surface area contributed by atoms with Gasteiger partial charge in [0.15, 0.2) is 0 Å². The van der Waals surface area contributed by atoms with E-state index in [1.807, 2.05) is 0 Å². The molecule has 1 aliphatic rings. The summed E-state index contributed by atoms with van der Waals surface area (Å²) >= 11 is 0. The molecule has 20 heavy (non-hydrogen) atoms. The molecule has 2 heteroatoms. The number of nitrogens with zero attached hydrogens (tertiary/aromatic N) is 1. The quantitative estimate of drug-likeness (QED) is 0.748. The van der Waals surface area contributed by atoms with Crippen molar-refractivity contribution in [1.82, 2.24) is 4.90 Å². The molecule has 0 radical (unpaired) electrons. The average Bonchev–Trinajstić information content (AvgIpc) is 2.48. The molecule has 0 aliphatic heterocycles. The molecule has 1 unspecified atom stereocenters. The van der Waals surface area contributed by atoms with E-state index in [9.17, 15) is 0 Å². The molecule has 1 fully saturated rings. The molecule has 2 nitrogen and oxygen atoms in total. The fraction of sp³-hybridized carbons (Fsp3) is 1.00. The minimum Gasteiger partial charge on any atom is -0.329 e. The lowest BCUT2D eigenvalue weighted by atomic mass is 9.65. The van der Waals surface area contributed by atoms with Crippen LogP contribution in [0.1, 0.15) is 80.1 Å². The van der Waals surface area contributed by atoms with Crippen LogP contribution in [0.3, 0.4) is 0 Å². The van der Waals surface area contributed by atoms with Crippen LogP contribution < -0.4 is 5.73 Å². The van der Waals surface area contributed by atoms with Crippen LogP contribution in [0.25, 0.3) is 0 Å². The van der Waals surface area contributed by atoms with E-state index in [2.05, 4.69) is 46.4 Å². The summed E-state index contributed by atoms with van der Waals surface area (Å²) in [5.41, 5.74) is 7.02. The Morgan fingerprint density at radius 1 is 1.20 bits per heavy atom. The van der Waals surface area contributed by atoms with E-state index < -0.39 is 0 Å². The Labute approximate surface area is 127 Å².